The third-order valence-corrected chi connectivity index (χ3v) is 18.9. The van der Waals surface area contributed by atoms with E-state index in [9.17, 15) is 29.1 Å². The first kappa shape index (κ1) is 58.8. The summed E-state index contributed by atoms with van der Waals surface area (Å²) in [5.41, 5.74) is 9.78. The maximum atomic E-state index is 14.4. The number of Topliss-reactive ketones (excluding diaryl/α,β-unsaturated/α-hetero) is 1. The van der Waals surface area contributed by atoms with Crippen molar-refractivity contribution in [3.63, 3.8) is 0 Å². The molecule has 8 N–H and O–H groups in total. The lowest BCUT2D eigenvalue weighted by atomic mass is 9.90. The molecule has 10 bridgehead atoms. The minimum absolute atomic E-state index is 0.0444. The zero-order chi connectivity index (χ0) is 57.3. The van der Waals surface area contributed by atoms with Gasteiger partial charge in [-0.15, -0.1) is 68.0 Å². The van der Waals surface area contributed by atoms with Gasteiger partial charge in [0.1, 0.15) is 77.2 Å². The molecule has 1 aromatic carbocycles. The number of nitrogens with zero attached hydrogens (tertiary/aromatic N) is 7. The summed E-state index contributed by atoms with van der Waals surface area (Å²) in [6.07, 6.45) is 1.45. The number of carbonyl (C=O) groups excluding carboxylic acids is 5. The lowest BCUT2D eigenvalue weighted by Gasteiger charge is -2.23. The van der Waals surface area contributed by atoms with Crippen molar-refractivity contribution in [2.45, 2.75) is 90.0 Å². The van der Waals surface area contributed by atoms with Crippen molar-refractivity contribution in [3.8, 4) is 43.4 Å². The van der Waals surface area contributed by atoms with Crippen molar-refractivity contribution >= 4 is 109 Å². The monoisotopic (exact) mass is 1210 g/mol. The molecule has 0 radical (unpaired) electrons. The fraction of sp³-hybridized carbons (Fsp3) is 0.345. The highest BCUT2D eigenvalue weighted by Crippen LogP contribution is 2.41. The number of unbranched alkanes of at least 4 members (excludes halogenated alkanes) is 2. The average molecular weight is 1210 g/mol. The van der Waals surface area contributed by atoms with Crippen LogP contribution in [0.2, 0.25) is 0 Å². The molecule has 422 valence electrons. The minimum Gasteiger partial charge on any atom is -0.386 e. The third-order valence-electron chi connectivity index (χ3n) is 13.1. The van der Waals surface area contributed by atoms with Crippen LogP contribution in [0.5, 0.6) is 0 Å². The highest BCUT2D eigenvalue weighted by molar-refractivity contribution is 7.15. The summed E-state index contributed by atoms with van der Waals surface area (Å²) >= 11 is 7.73. The summed E-state index contributed by atoms with van der Waals surface area (Å²) in [7, 11) is 3.08. The van der Waals surface area contributed by atoms with E-state index in [1.807, 2.05) is 36.7 Å². The van der Waals surface area contributed by atoms with Gasteiger partial charge in [-0.25, -0.2) is 34.9 Å². The van der Waals surface area contributed by atoms with Gasteiger partial charge in [-0.2, -0.15) is 0 Å². The van der Waals surface area contributed by atoms with Crippen LogP contribution in [0, 0.1) is 12.8 Å². The van der Waals surface area contributed by atoms with E-state index in [1.54, 1.807) is 55.1 Å². The quantitative estimate of drug-likeness (QED) is 0.0499. The molecule has 0 spiro atoms. The van der Waals surface area contributed by atoms with Crippen LogP contribution in [0.4, 0.5) is 5.82 Å². The van der Waals surface area contributed by atoms with Crippen molar-refractivity contribution in [2.75, 3.05) is 32.6 Å². The molecular formula is C55H59N13O7S6. The maximum absolute atomic E-state index is 14.4. The van der Waals surface area contributed by atoms with E-state index < -0.39 is 30.0 Å². The van der Waals surface area contributed by atoms with Crippen molar-refractivity contribution in [1.82, 2.24) is 56.2 Å². The van der Waals surface area contributed by atoms with E-state index >= 15 is 0 Å². The van der Waals surface area contributed by atoms with Crippen LogP contribution in [-0.2, 0) is 25.7 Å². The van der Waals surface area contributed by atoms with E-state index in [-0.39, 0.29) is 66.8 Å². The Balaban J connectivity index is 1.11. The number of hydrogen-bond donors (Lipinski definition) is 7. The number of thiazole rings is 6. The number of amides is 4. The van der Waals surface area contributed by atoms with Crippen molar-refractivity contribution < 1.29 is 33.8 Å². The molecule has 4 atom stereocenters. The van der Waals surface area contributed by atoms with Gasteiger partial charge in [0.25, 0.3) is 5.91 Å². The van der Waals surface area contributed by atoms with Crippen molar-refractivity contribution in [1.29, 1.82) is 0 Å². The standard InChI is InChI=1S/C55H59N13O7S6/c1-27(2)32-19-38(69)45-29(4)80-54(68-45)34(20-42(71)57-5)60-49(74)36-24-76-50(62-36)31-16-17-33(52-65-40(26-79-52)64-41(70)15-11-8-12-18-56)59-46(31)35-23-77-53(61-35)37-25-78-55(63-37)47(48(73)30-13-9-7-10-14-30)66-43(72)21-58-28(3)44-39(22-75-6)81-51(32)67-44/h7,9-10,13-14,16-17,23-27,32,34,47-48,58,73H,3,8,11-12,15,18-22,56H2,1-2,4-6H3,(H,57,71)(H,60,74)(H,64,70)(H,66,72)/t32-,34+,47+,48+/m1/s1. The number of fused-ring (bicyclic) bond motifs is 14. The molecule has 0 aliphatic carbocycles. The molecule has 26 heteroatoms. The molecule has 1 aliphatic heterocycles. The van der Waals surface area contributed by atoms with Gasteiger partial charge < -0.3 is 42.2 Å². The number of methoxy groups -OCH3 is 1. The Labute approximate surface area is 491 Å². The molecule has 81 heavy (non-hydrogen) atoms. The molecule has 7 aromatic heterocycles. The molecule has 20 nitrogen and oxygen atoms in total. The predicted molar refractivity (Wildman–Crippen MR) is 319 cm³/mol. The Bertz CT molecular complexity index is 3570. The molecule has 0 fully saturated rings. The minimum atomic E-state index is -1.19. The van der Waals surface area contributed by atoms with Gasteiger partial charge in [-0.3, -0.25) is 24.0 Å². The second kappa shape index (κ2) is 26.8. The fourth-order valence-electron chi connectivity index (χ4n) is 8.79. The summed E-state index contributed by atoms with van der Waals surface area (Å²) in [6.45, 7) is 10.6. The fourth-order valence-corrected chi connectivity index (χ4v) is 14.4. The van der Waals surface area contributed by atoms with E-state index in [2.05, 4.69) is 33.2 Å². The van der Waals surface area contributed by atoms with Gasteiger partial charge in [0.15, 0.2) is 5.78 Å². The number of pyridine rings is 1. The number of aliphatic hydroxyl groups excluding tert-OH is 1. The highest BCUT2D eigenvalue weighted by atomic mass is 32.1. The van der Waals surface area contributed by atoms with Crippen LogP contribution >= 0.6 is 68.0 Å². The van der Waals surface area contributed by atoms with Gasteiger partial charge in [0.05, 0.1) is 46.9 Å². The molecule has 4 amide bonds. The number of aromatic nitrogens is 7. The second-order valence-corrected chi connectivity index (χ2v) is 25.1. The molecule has 0 saturated heterocycles. The van der Waals surface area contributed by atoms with Gasteiger partial charge in [-0.05, 0) is 49.9 Å². The molecule has 9 rings (SSSR count). The number of nitrogens with one attached hydrogen (secondary N) is 5. The number of rotatable bonds is 14. The topological polar surface area (TPSA) is 291 Å². The number of aryl methyl sites for hydroxylation is 1. The smallest absolute Gasteiger partial charge is 0.271 e. The van der Waals surface area contributed by atoms with Gasteiger partial charge in [-0.1, -0.05) is 57.2 Å². The van der Waals surface area contributed by atoms with E-state index in [0.29, 0.717) is 105 Å². The number of anilines is 1. The van der Waals surface area contributed by atoms with Crippen LogP contribution in [-0.4, -0.2) is 96.7 Å². The van der Waals surface area contributed by atoms with Crippen LogP contribution in [0.1, 0.15) is 133 Å². The normalized spacial score (nSPS) is 16.6. The maximum Gasteiger partial charge on any atom is 0.271 e. The average Bonchev–Trinajstić information content (AvgIpc) is 4.38. The SMILES string of the molecule is C=C1NCC(=O)N[C@@H]([C@@H](O)c2ccccc2)c2nc(cs2)-c2nc(cs2)-c2nc(-c3nc(NC(=O)CCCCCN)cs3)ccc2-c2nc(cs2)C(=O)N[C@@H](CC(=O)NC)c2nc(c(C)s2)C(=O)C[C@H](C(C)C)c2nc1c(COC)s2. The summed E-state index contributed by atoms with van der Waals surface area (Å²) in [5, 5.41) is 36.6. The predicted octanol–water partition coefficient (Wildman–Crippen LogP) is 9.49. The molecular weight excluding hydrogens is 1150 g/mol. The number of aliphatic hydroxyl groups is 1. The summed E-state index contributed by atoms with van der Waals surface area (Å²) in [4.78, 5) is 104. The molecule has 1 aliphatic rings. The Morgan fingerprint density at radius 1 is 0.778 bits per heavy atom. The van der Waals surface area contributed by atoms with Crippen LogP contribution in [0.25, 0.3) is 49.1 Å². The molecule has 0 saturated carbocycles. The highest BCUT2D eigenvalue weighted by Gasteiger charge is 2.32. The van der Waals surface area contributed by atoms with Gasteiger partial charge >= 0.3 is 0 Å². The number of carbonyl (C=O) groups is 5. The van der Waals surface area contributed by atoms with Crippen molar-refractivity contribution in [2.24, 2.45) is 11.7 Å². The summed E-state index contributed by atoms with van der Waals surface area (Å²) < 4.78 is 5.58. The number of benzene rings is 1. The first-order valence-electron chi connectivity index (χ1n) is 25.9. The van der Waals surface area contributed by atoms with E-state index in [1.165, 1.54) is 75.1 Å². The molecule has 0 unspecified atom stereocenters. The Morgan fingerprint density at radius 2 is 1.51 bits per heavy atom. The summed E-state index contributed by atoms with van der Waals surface area (Å²) in [6, 6.07) is 10.7. The number of hydrogen-bond acceptors (Lipinski definition) is 22. The first-order chi connectivity index (χ1) is 39.1. The number of ether oxygens (including phenoxy) is 1. The van der Waals surface area contributed by atoms with Crippen LogP contribution < -0.4 is 32.3 Å². The molecule has 8 heterocycles. The lowest BCUT2D eigenvalue weighted by Crippen LogP contribution is -2.38. The zero-order valence-electron chi connectivity index (χ0n) is 44.9. The largest absolute Gasteiger partial charge is 0.386 e. The Kier molecular flexibility index (Phi) is 19.4. The van der Waals surface area contributed by atoms with Gasteiger partial charge in [0, 0.05) is 64.9 Å². The zero-order valence-corrected chi connectivity index (χ0v) is 49.8. The van der Waals surface area contributed by atoms with E-state index in [4.69, 9.17) is 45.4 Å². The van der Waals surface area contributed by atoms with E-state index in [0.717, 1.165) is 17.7 Å². The van der Waals surface area contributed by atoms with Crippen molar-refractivity contribution in [3.05, 3.63) is 118 Å². The Morgan fingerprint density at radius 3 is 2.27 bits per heavy atom. The van der Waals surface area contributed by atoms with Crippen LogP contribution in [0.15, 0.2) is 70.6 Å². The molecule has 8 aromatic rings. The second-order valence-electron chi connectivity index (χ2n) is 19.3. The first-order valence-corrected chi connectivity index (χ1v) is 31.1. The lowest BCUT2D eigenvalue weighted by molar-refractivity contribution is -0.122. The number of ketones is 1. The van der Waals surface area contributed by atoms with Gasteiger partial charge in [0.2, 0.25) is 17.7 Å². The Hall–Kier alpha value is -6.88. The summed E-state index contributed by atoms with van der Waals surface area (Å²) in [5.74, 6) is -1.75. The number of nitrogens with two attached hydrogens (primary N) is 1. The van der Waals surface area contributed by atoms with Crippen LogP contribution in [0.3, 0.4) is 0 Å². The third kappa shape index (κ3) is 14.1.